The van der Waals surface area contributed by atoms with Crippen LogP contribution in [0.5, 0.6) is 0 Å². The average molecular weight is 637 g/mol. The van der Waals surface area contributed by atoms with E-state index in [9.17, 15) is 22.0 Å². The molecule has 3 aromatic carbocycles. The van der Waals surface area contributed by atoms with E-state index < -0.39 is 46.1 Å². The van der Waals surface area contributed by atoms with Crippen LogP contribution in [-0.2, 0) is 17.3 Å². The van der Waals surface area contributed by atoms with E-state index in [1.54, 1.807) is 12.1 Å². The Morgan fingerprint density at radius 1 is 0.727 bits per heavy atom. The number of halogens is 7. The van der Waals surface area contributed by atoms with E-state index in [2.05, 4.69) is 6.92 Å². The first-order valence-corrected chi connectivity index (χ1v) is 16.2. The Morgan fingerprint density at radius 2 is 1.36 bits per heavy atom. The molecule has 5 rings (SSSR count). The van der Waals surface area contributed by atoms with E-state index in [0.717, 1.165) is 87.1 Å². The van der Waals surface area contributed by atoms with Crippen LogP contribution in [-0.4, -0.2) is 6.10 Å². The van der Waals surface area contributed by atoms with Gasteiger partial charge in [0.25, 0.3) is 0 Å². The lowest BCUT2D eigenvalue weighted by molar-refractivity contribution is -0.279. The van der Waals surface area contributed by atoms with Gasteiger partial charge in [-0.25, -0.2) is 17.6 Å². The van der Waals surface area contributed by atoms with Crippen LogP contribution < -0.4 is 0 Å². The molecule has 0 bridgehead atoms. The minimum Gasteiger partial charge on any atom is -0.313 e. The number of hydrogen-bond donors (Lipinski definition) is 0. The average Bonchev–Trinajstić information content (AvgIpc) is 3.00. The predicted octanol–water partition coefficient (Wildman–Crippen LogP) is 11.9. The Hall–Kier alpha value is -2.51. The van der Waals surface area contributed by atoms with Gasteiger partial charge in [-0.15, -0.1) is 0 Å². The SMILES string of the molecule is CCCCCc1ccc(C(F)(F)OC2CCC(C3CCC(c4ccc(-c5cc(F)c(Cl)c(F)c5)c(F)c4)CC3)CC2)c(F)c1. The molecule has 0 spiro atoms. The lowest BCUT2D eigenvalue weighted by atomic mass is 9.69. The molecular formula is C36H39ClF6O. The Kier molecular flexibility index (Phi) is 10.7. The Balaban J connectivity index is 1.11. The monoisotopic (exact) mass is 636 g/mol. The highest BCUT2D eigenvalue weighted by molar-refractivity contribution is 6.31. The van der Waals surface area contributed by atoms with Crippen LogP contribution in [0.15, 0.2) is 48.5 Å². The van der Waals surface area contributed by atoms with Crippen molar-refractivity contribution in [3.8, 4) is 11.1 Å². The van der Waals surface area contributed by atoms with Crippen LogP contribution in [0.25, 0.3) is 11.1 Å². The quantitative estimate of drug-likeness (QED) is 0.122. The van der Waals surface area contributed by atoms with Gasteiger partial charge in [-0.1, -0.05) is 49.6 Å². The molecule has 0 heterocycles. The number of unbranched alkanes of at least 4 members (excludes halogenated alkanes) is 2. The zero-order valence-corrected chi connectivity index (χ0v) is 25.7. The third kappa shape index (κ3) is 7.64. The van der Waals surface area contributed by atoms with Crippen LogP contribution in [0.1, 0.15) is 100 Å². The second kappa shape index (κ2) is 14.3. The maximum absolute atomic E-state index is 15.0. The van der Waals surface area contributed by atoms with E-state index >= 15 is 4.39 Å². The number of benzene rings is 3. The van der Waals surface area contributed by atoms with E-state index in [1.807, 2.05) is 6.07 Å². The highest BCUT2D eigenvalue weighted by atomic mass is 35.5. The molecule has 8 heteroatoms. The summed E-state index contributed by atoms with van der Waals surface area (Å²) in [7, 11) is 0. The molecule has 3 aromatic rings. The van der Waals surface area contributed by atoms with Crippen LogP contribution >= 0.6 is 11.6 Å². The maximum Gasteiger partial charge on any atom is 0.386 e. The number of ether oxygens (including phenoxy) is 1. The fraction of sp³-hybridized carbons (Fsp3) is 0.500. The number of alkyl halides is 2. The van der Waals surface area contributed by atoms with E-state index in [1.165, 1.54) is 12.1 Å². The molecule has 0 aliphatic heterocycles. The highest BCUT2D eigenvalue weighted by Gasteiger charge is 2.40. The van der Waals surface area contributed by atoms with Crippen molar-refractivity contribution in [2.45, 2.75) is 102 Å². The summed E-state index contributed by atoms with van der Waals surface area (Å²) in [6.45, 7) is 2.08. The third-order valence-electron chi connectivity index (χ3n) is 9.65. The summed E-state index contributed by atoms with van der Waals surface area (Å²) in [5.74, 6) is -2.27. The Labute approximate surface area is 261 Å². The van der Waals surface area contributed by atoms with Crippen LogP contribution in [0, 0.1) is 35.1 Å². The van der Waals surface area contributed by atoms with Crippen LogP contribution in [0.2, 0.25) is 5.02 Å². The Bertz CT molecular complexity index is 1400. The molecule has 0 amide bonds. The highest BCUT2D eigenvalue weighted by Crippen LogP contribution is 2.45. The lowest BCUT2D eigenvalue weighted by Gasteiger charge is -2.38. The summed E-state index contributed by atoms with van der Waals surface area (Å²) >= 11 is 5.56. The maximum atomic E-state index is 15.0. The molecule has 238 valence electrons. The molecular weight excluding hydrogens is 598 g/mol. The first-order valence-electron chi connectivity index (χ1n) is 15.8. The zero-order chi connectivity index (χ0) is 31.4. The third-order valence-corrected chi connectivity index (χ3v) is 10.0. The minimum absolute atomic E-state index is 0.0929. The molecule has 2 fully saturated rings. The van der Waals surface area contributed by atoms with Gasteiger partial charge in [0.1, 0.15) is 28.3 Å². The van der Waals surface area contributed by atoms with Crippen molar-refractivity contribution in [2.24, 2.45) is 11.8 Å². The topological polar surface area (TPSA) is 9.23 Å². The van der Waals surface area contributed by atoms with Crippen molar-refractivity contribution >= 4 is 11.6 Å². The molecule has 1 nitrogen and oxygen atoms in total. The lowest BCUT2D eigenvalue weighted by Crippen LogP contribution is -2.32. The number of rotatable bonds is 10. The van der Waals surface area contributed by atoms with Crippen LogP contribution in [0.4, 0.5) is 26.3 Å². The number of hydrogen-bond acceptors (Lipinski definition) is 1. The van der Waals surface area contributed by atoms with Gasteiger partial charge >= 0.3 is 6.11 Å². The van der Waals surface area contributed by atoms with Crippen molar-refractivity contribution in [1.82, 2.24) is 0 Å². The summed E-state index contributed by atoms with van der Waals surface area (Å²) in [5, 5.41) is -0.615. The van der Waals surface area contributed by atoms with Gasteiger partial charge in [-0.3, -0.25) is 0 Å². The predicted molar refractivity (Wildman–Crippen MR) is 162 cm³/mol. The normalized spacial score (nSPS) is 22.7. The smallest absolute Gasteiger partial charge is 0.313 e. The molecule has 2 aliphatic rings. The minimum atomic E-state index is -3.68. The number of aryl methyl sites for hydroxylation is 1. The fourth-order valence-corrected chi connectivity index (χ4v) is 7.24. The molecule has 0 radical (unpaired) electrons. The van der Waals surface area contributed by atoms with Gasteiger partial charge < -0.3 is 4.74 Å². The summed E-state index contributed by atoms with van der Waals surface area (Å²) in [4.78, 5) is 0. The first-order chi connectivity index (χ1) is 21.1. The summed E-state index contributed by atoms with van der Waals surface area (Å²) in [5.41, 5.74) is 1.09. The van der Waals surface area contributed by atoms with E-state index in [4.69, 9.17) is 16.3 Å². The second-order valence-electron chi connectivity index (χ2n) is 12.5. The molecule has 0 aromatic heterocycles. The zero-order valence-electron chi connectivity index (χ0n) is 25.0. The van der Waals surface area contributed by atoms with Gasteiger partial charge in [-0.2, -0.15) is 8.78 Å². The van der Waals surface area contributed by atoms with Crippen molar-refractivity contribution in [3.63, 3.8) is 0 Å². The molecule has 2 aliphatic carbocycles. The summed E-state index contributed by atoms with van der Waals surface area (Å²) in [6.07, 6.45) is 5.60. The van der Waals surface area contributed by atoms with Crippen molar-refractivity contribution in [2.75, 3.05) is 0 Å². The summed E-state index contributed by atoms with van der Waals surface area (Å²) in [6, 6.07) is 10.8. The standard InChI is InChI=1S/C36H39ClF6O/c1-2-3-4-5-22-6-17-30(32(39)18-22)36(42,43)44-28-14-11-24(12-15-28)23-7-9-25(10-8-23)26-13-16-29(31(38)19-26)27-20-33(40)35(37)34(41)21-27/h6,13,16-21,23-25,28H,2-5,7-12,14-15H2,1H3. The van der Waals surface area contributed by atoms with Gasteiger partial charge in [-0.05, 0) is 129 Å². The molecule has 0 unspecified atom stereocenters. The van der Waals surface area contributed by atoms with Gasteiger partial charge in [0.05, 0.1) is 11.7 Å². The molecule has 0 atom stereocenters. The van der Waals surface area contributed by atoms with Gasteiger partial charge in [0, 0.05) is 5.56 Å². The van der Waals surface area contributed by atoms with Crippen molar-refractivity contribution in [3.05, 3.63) is 93.5 Å². The van der Waals surface area contributed by atoms with Crippen molar-refractivity contribution < 1.29 is 31.1 Å². The van der Waals surface area contributed by atoms with Gasteiger partial charge in [0.2, 0.25) is 0 Å². The van der Waals surface area contributed by atoms with Gasteiger partial charge in [0.15, 0.2) is 0 Å². The first kappa shape index (κ1) is 32.9. The molecule has 2 saturated carbocycles. The second-order valence-corrected chi connectivity index (χ2v) is 12.9. The molecule has 0 N–H and O–H groups in total. The fourth-order valence-electron chi connectivity index (χ4n) is 7.13. The Morgan fingerprint density at radius 3 is 1.95 bits per heavy atom. The molecule has 0 saturated heterocycles. The van der Waals surface area contributed by atoms with Crippen molar-refractivity contribution in [1.29, 1.82) is 0 Å². The van der Waals surface area contributed by atoms with E-state index in [0.29, 0.717) is 31.1 Å². The van der Waals surface area contributed by atoms with Crippen LogP contribution in [0.3, 0.4) is 0 Å². The van der Waals surface area contributed by atoms with E-state index in [-0.39, 0.29) is 17.0 Å². The molecule has 44 heavy (non-hydrogen) atoms. The largest absolute Gasteiger partial charge is 0.386 e. The summed E-state index contributed by atoms with van der Waals surface area (Å²) < 4.78 is 92.6.